The molecule has 0 unspecified atom stereocenters. The number of unbranched alkanes of at least 4 members (excludes halogenated alkanes) is 1. The number of anilines is 1. The minimum Gasteiger partial charge on any atom is -0.368 e. The Bertz CT molecular complexity index is 482. The summed E-state index contributed by atoms with van der Waals surface area (Å²) in [6, 6.07) is 0. The van der Waals surface area contributed by atoms with Crippen molar-refractivity contribution < 1.29 is 0 Å². The van der Waals surface area contributed by atoms with Crippen LogP contribution in [0.2, 0.25) is 0 Å². The van der Waals surface area contributed by atoms with Crippen LogP contribution in [0, 0.1) is 12.3 Å². The molecule has 0 saturated heterocycles. The highest BCUT2D eigenvalue weighted by molar-refractivity contribution is 5.81. The van der Waals surface area contributed by atoms with Gasteiger partial charge in [-0.15, -0.1) is 12.3 Å². The summed E-state index contributed by atoms with van der Waals surface area (Å²) in [6.45, 7) is 0.801. The van der Waals surface area contributed by atoms with Crippen molar-refractivity contribution in [3.05, 3.63) is 12.7 Å². The van der Waals surface area contributed by atoms with Crippen molar-refractivity contribution in [1.82, 2.24) is 19.9 Å². The molecule has 2 aromatic heterocycles. The summed E-state index contributed by atoms with van der Waals surface area (Å²) < 4.78 is 0. The van der Waals surface area contributed by atoms with Gasteiger partial charge < -0.3 is 10.3 Å². The molecule has 2 N–H and O–H groups in total. The highest BCUT2D eigenvalue weighted by Gasteiger charge is 2.03. The average Bonchev–Trinajstić information content (AvgIpc) is 2.73. The van der Waals surface area contributed by atoms with E-state index in [0.717, 1.165) is 30.7 Å². The van der Waals surface area contributed by atoms with Crippen LogP contribution in [0.15, 0.2) is 12.7 Å². The standard InChI is InChI=1S/C10H11N5/c1-2-3-4-5-11-9-8-10(13-6-12-8)15-7-14-9/h1,6-7H,3-5H2,(H2,11,12,13,14,15). The van der Waals surface area contributed by atoms with Gasteiger partial charge in [-0.25, -0.2) is 15.0 Å². The Morgan fingerprint density at radius 2 is 2.33 bits per heavy atom. The molecule has 0 spiro atoms. The lowest BCUT2D eigenvalue weighted by Gasteiger charge is -2.03. The fourth-order valence-electron chi connectivity index (χ4n) is 1.30. The Balaban J connectivity index is 2.08. The van der Waals surface area contributed by atoms with E-state index in [1.54, 1.807) is 6.33 Å². The third-order valence-corrected chi connectivity index (χ3v) is 2.01. The van der Waals surface area contributed by atoms with Gasteiger partial charge >= 0.3 is 0 Å². The predicted octanol–water partition coefficient (Wildman–Crippen LogP) is 1.18. The third kappa shape index (κ3) is 2.05. The maximum atomic E-state index is 5.16. The second kappa shape index (κ2) is 4.42. The van der Waals surface area contributed by atoms with Crippen molar-refractivity contribution in [2.75, 3.05) is 11.9 Å². The molecule has 15 heavy (non-hydrogen) atoms. The first-order valence-corrected chi connectivity index (χ1v) is 4.73. The molecule has 0 bridgehead atoms. The molecule has 0 aliphatic carbocycles. The molecule has 0 aliphatic rings. The van der Waals surface area contributed by atoms with E-state index in [2.05, 4.69) is 31.2 Å². The van der Waals surface area contributed by atoms with Crippen LogP contribution in [0.3, 0.4) is 0 Å². The number of terminal acetylenes is 1. The van der Waals surface area contributed by atoms with Crippen LogP contribution in [0.25, 0.3) is 11.2 Å². The van der Waals surface area contributed by atoms with Crippen LogP contribution in [0.1, 0.15) is 12.8 Å². The molecule has 5 heteroatoms. The topological polar surface area (TPSA) is 66.5 Å². The molecule has 5 nitrogen and oxygen atoms in total. The summed E-state index contributed by atoms with van der Waals surface area (Å²) in [7, 11) is 0. The van der Waals surface area contributed by atoms with Gasteiger partial charge in [0.05, 0.1) is 6.33 Å². The lowest BCUT2D eigenvalue weighted by Crippen LogP contribution is -2.03. The quantitative estimate of drug-likeness (QED) is 0.575. The summed E-state index contributed by atoms with van der Waals surface area (Å²) in [5.74, 6) is 3.37. The van der Waals surface area contributed by atoms with Gasteiger partial charge in [0.1, 0.15) is 11.8 Å². The number of aromatic nitrogens is 4. The number of imidazole rings is 1. The summed E-state index contributed by atoms with van der Waals surface area (Å²) in [5, 5.41) is 3.19. The van der Waals surface area contributed by atoms with E-state index in [-0.39, 0.29) is 0 Å². The molecule has 0 radical (unpaired) electrons. The molecule has 2 aromatic rings. The zero-order valence-electron chi connectivity index (χ0n) is 8.20. The lowest BCUT2D eigenvalue weighted by molar-refractivity contribution is 0.901. The van der Waals surface area contributed by atoms with Crippen LogP contribution < -0.4 is 5.32 Å². The van der Waals surface area contributed by atoms with E-state index in [1.807, 2.05) is 0 Å². The van der Waals surface area contributed by atoms with Crippen molar-refractivity contribution in [1.29, 1.82) is 0 Å². The number of hydrogen-bond donors (Lipinski definition) is 2. The fourth-order valence-corrected chi connectivity index (χ4v) is 1.30. The van der Waals surface area contributed by atoms with Crippen molar-refractivity contribution in [2.45, 2.75) is 12.8 Å². The van der Waals surface area contributed by atoms with E-state index in [4.69, 9.17) is 6.42 Å². The number of fused-ring (bicyclic) bond motifs is 1. The first-order valence-electron chi connectivity index (χ1n) is 4.73. The maximum absolute atomic E-state index is 5.16. The SMILES string of the molecule is C#CCCCNc1ncnc2nc[nH]c12. The fraction of sp³-hybridized carbons (Fsp3) is 0.300. The van der Waals surface area contributed by atoms with E-state index < -0.39 is 0 Å². The lowest BCUT2D eigenvalue weighted by atomic mass is 10.3. The Hall–Kier alpha value is -2.09. The molecule has 2 heterocycles. The summed E-state index contributed by atoms with van der Waals surface area (Å²) in [6.07, 6.45) is 9.95. The Kier molecular flexibility index (Phi) is 2.79. The van der Waals surface area contributed by atoms with Crippen LogP contribution in [0.5, 0.6) is 0 Å². The molecule has 0 aliphatic heterocycles. The number of H-pyrrole nitrogens is 1. The third-order valence-electron chi connectivity index (χ3n) is 2.01. The Labute approximate surface area is 87.4 Å². The van der Waals surface area contributed by atoms with Gasteiger partial charge in [-0.05, 0) is 6.42 Å². The monoisotopic (exact) mass is 201 g/mol. The van der Waals surface area contributed by atoms with Crippen molar-refractivity contribution in [2.24, 2.45) is 0 Å². The van der Waals surface area contributed by atoms with Gasteiger partial charge in [0, 0.05) is 13.0 Å². The van der Waals surface area contributed by atoms with Gasteiger partial charge in [0.15, 0.2) is 11.5 Å². The average molecular weight is 201 g/mol. The number of nitrogens with one attached hydrogen (secondary N) is 2. The summed E-state index contributed by atoms with van der Waals surface area (Å²) in [4.78, 5) is 15.2. The number of nitrogens with zero attached hydrogens (tertiary/aromatic N) is 3. The molecule has 0 aromatic carbocycles. The number of rotatable bonds is 4. The van der Waals surface area contributed by atoms with Gasteiger partial charge in [0.2, 0.25) is 0 Å². The van der Waals surface area contributed by atoms with E-state index >= 15 is 0 Å². The van der Waals surface area contributed by atoms with Crippen molar-refractivity contribution in [3.8, 4) is 12.3 Å². The zero-order chi connectivity index (χ0) is 10.5. The smallest absolute Gasteiger partial charge is 0.182 e. The van der Waals surface area contributed by atoms with Crippen molar-refractivity contribution in [3.63, 3.8) is 0 Å². The molecule has 76 valence electrons. The molecule has 0 saturated carbocycles. The first-order chi connectivity index (χ1) is 7.42. The number of aromatic amines is 1. The summed E-state index contributed by atoms with van der Waals surface area (Å²) in [5.41, 5.74) is 1.50. The van der Waals surface area contributed by atoms with Crippen LogP contribution >= 0.6 is 0 Å². The van der Waals surface area contributed by atoms with E-state index in [0.29, 0.717) is 5.65 Å². The van der Waals surface area contributed by atoms with Gasteiger partial charge in [-0.3, -0.25) is 0 Å². The van der Waals surface area contributed by atoms with Crippen LogP contribution in [-0.2, 0) is 0 Å². The highest BCUT2D eigenvalue weighted by Crippen LogP contribution is 2.13. The predicted molar refractivity (Wildman–Crippen MR) is 58.2 cm³/mol. The van der Waals surface area contributed by atoms with Gasteiger partial charge in [0.25, 0.3) is 0 Å². The second-order valence-electron chi connectivity index (χ2n) is 3.06. The van der Waals surface area contributed by atoms with Crippen LogP contribution in [-0.4, -0.2) is 26.5 Å². The minimum absolute atomic E-state index is 0.671. The van der Waals surface area contributed by atoms with E-state index in [1.165, 1.54) is 6.33 Å². The highest BCUT2D eigenvalue weighted by atomic mass is 15.1. The Morgan fingerprint density at radius 3 is 3.20 bits per heavy atom. The van der Waals surface area contributed by atoms with Crippen LogP contribution in [0.4, 0.5) is 5.82 Å². The summed E-state index contributed by atoms with van der Waals surface area (Å²) >= 11 is 0. The maximum Gasteiger partial charge on any atom is 0.182 e. The first kappa shape index (κ1) is 9.46. The van der Waals surface area contributed by atoms with Gasteiger partial charge in [-0.2, -0.15) is 0 Å². The van der Waals surface area contributed by atoms with Crippen molar-refractivity contribution >= 4 is 17.0 Å². The molecular formula is C10H11N5. The second-order valence-corrected chi connectivity index (χ2v) is 3.06. The zero-order valence-corrected chi connectivity index (χ0v) is 8.20. The molecule has 0 fully saturated rings. The molecular weight excluding hydrogens is 190 g/mol. The normalized spacial score (nSPS) is 10.1. The molecule has 0 amide bonds. The number of hydrogen-bond acceptors (Lipinski definition) is 4. The molecule has 2 rings (SSSR count). The largest absolute Gasteiger partial charge is 0.368 e. The Morgan fingerprint density at radius 1 is 1.40 bits per heavy atom. The molecule has 0 atom stereocenters. The van der Waals surface area contributed by atoms with E-state index in [9.17, 15) is 0 Å². The minimum atomic E-state index is 0.671. The van der Waals surface area contributed by atoms with Gasteiger partial charge in [-0.1, -0.05) is 0 Å².